The fraction of sp³-hybridized carbons (Fsp3) is 0.500. The van der Waals surface area contributed by atoms with Crippen LogP contribution in [0.5, 0.6) is 0 Å². The molecule has 2 fully saturated rings. The average Bonchev–Trinajstić information content (AvgIpc) is 3.35. The summed E-state index contributed by atoms with van der Waals surface area (Å²) >= 11 is 0. The van der Waals surface area contributed by atoms with Gasteiger partial charge in [-0.3, -0.25) is 4.90 Å². The predicted molar refractivity (Wildman–Crippen MR) is 106 cm³/mol. The van der Waals surface area contributed by atoms with Gasteiger partial charge in [-0.05, 0) is 44.4 Å². The van der Waals surface area contributed by atoms with E-state index in [9.17, 15) is 0 Å². The van der Waals surface area contributed by atoms with Crippen molar-refractivity contribution < 1.29 is 0 Å². The standard InChI is InChI=1S/C22H27N5/c1-2-7-17(8-3-1)21-23-13-16(14-24-21)15-27-12-6-11-20(27)22-25-18-9-4-5-10-19(18)26-22/h4-5,9-10,13-14,17,20H,1-3,6-8,11-12,15H2,(H,25,26)/t20-/m0/s1. The number of rotatable bonds is 4. The molecule has 2 aromatic heterocycles. The Kier molecular flexibility index (Phi) is 4.62. The topological polar surface area (TPSA) is 57.7 Å². The first-order valence-corrected chi connectivity index (χ1v) is 10.4. The minimum Gasteiger partial charge on any atom is -0.341 e. The first-order valence-electron chi connectivity index (χ1n) is 10.4. The minimum atomic E-state index is 0.357. The fourth-order valence-corrected chi connectivity index (χ4v) is 4.71. The van der Waals surface area contributed by atoms with Crippen molar-refractivity contribution in [2.24, 2.45) is 0 Å². The normalized spacial score (nSPS) is 21.9. The van der Waals surface area contributed by atoms with Crippen molar-refractivity contribution in [1.29, 1.82) is 0 Å². The SMILES string of the molecule is c1ccc2[nH]c([C@@H]3CCCN3Cc3cnc(C4CCCCC4)nc3)nc2c1. The molecule has 1 aromatic carbocycles. The van der Waals surface area contributed by atoms with Crippen LogP contribution in [0, 0.1) is 0 Å². The van der Waals surface area contributed by atoms with E-state index in [1.165, 1.54) is 44.1 Å². The van der Waals surface area contributed by atoms with Gasteiger partial charge in [0, 0.05) is 30.4 Å². The number of fused-ring (bicyclic) bond motifs is 1. The molecule has 5 rings (SSSR count). The van der Waals surface area contributed by atoms with E-state index in [0.717, 1.165) is 42.2 Å². The van der Waals surface area contributed by atoms with Gasteiger partial charge in [0.25, 0.3) is 0 Å². The van der Waals surface area contributed by atoms with Gasteiger partial charge in [-0.15, -0.1) is 0 Å². The minimum absolute atomic E-state index is 0.357. The smallest absolute Gasteiger partial charge is 0.131 e. The van der Waals surface area contributed by atoms with E-state index in [2.05, 4.69) is 28.1 Å². The maximum absolute atomic E-state index is 4.83. The number of aromatic amines is 1. The number of hydrogen-bond acceptors (Lipinski definition) is 4. The molecule has 5 heteroatoms. The molecule has 3 heterocycles. The molecule has 5 nitrogen and oxygen atoms in total. The van der Waals surface area contributed by atoms with E-state index in [1.54, 1.807) is 0 Å². The van der Waals surface area contributed by atoms with Gasteiger partial charge in [-0.25, -0.2) is 15.0 Å². The fourth-order valence-electron chi connectivity index (χ4n) is 4.71. The lowest BCUT2D eigenvalue weighted by Gasteiger charge is -2.23. The molecule has 1 atom stereocenters. The second-order valence-corrected chi connectivity index (χ2v) is 8.05. The van der Waals surface area contributed by atoms with Crippen LogP contribution in [0.15, 0.2) is 36.7 Å². The van der Waals surface area contributed by atoms with Crippen LogP contribution in [0.3, 0.4) is 0 Å². The molecular formula is C22H27N5. The van der Waals surface area contributed by atoms with Gasteiger partial charge in [0.2, 0.25) is 0 Å². The molecule has 2 aliphatic rings. The van der Waals surface area contributed by atoms with Crippen LogP contribution in [-0.4, -0.2) is 31.4 Å². The van der Waals surface area contributed by atoms with Crippen molar-refractivity contribution >= 4 is 11.0 Å². The number of nitrogens with one attached hydrogen (secondary N) is 1. The molecule has 0 radical (unpaired) electrons. The van der Waals surface area contributed by atoms with Gasteiger partial charge >= 0.3 is 0 Å². The summed E-state index contributed by atoms with van der Waals surface area (Å²) in [6, 6.07) is 8.64. The Morgan fingerprint density at radius 1 is 0.963 bits per heavy atom. The van der Waals surface area contributed by atoms with Crippen molar-refractivity contribution in [3.63, 3.8) is 0 Å². The molecule has 140 valence electrons. The van der Waals surface area contributed by atoms with Crippen LogP contribution in [0.1, 0.15) is 74.1 Å². The van der Waals surface area contributed by atoms with Crippen LogP contribution < -0.4 is 0 Å². The van der Waals surface area contributed by atoms with Crippen LogP contribution in [0.4, 0.5) is 0 Å². The third kappa shape index (κ3) is 3.48. The van der Waals surface area contributed by atoms with Gasteiger partial charge in [-0.2, -0.15) is 0 Å². The summed E-state index contributed by atoms with van der Waals surface area (Å²) in [5.41, 5.74) is 3.39. The number of likely N-dealkylation sites (tertiary alicyclic amines) is 1. The highest BCUT2D eigenvalue weighted by Gasteiger charge is 2.28. The predicted octanol–water partition coefficient (Wildman–Crippen LogP) is 4.74. The van der Waals surface area contributed by atoms with E-state index in [-0.39, 0.29) is 0 Å². The van der Waals surface area contributed by atoms with Crippen molar-refractivity contribution in [1.82, 2.24) is 24.8 Å². The van der Waals surface area contributed by atoms with Crippen LogP contribution in [0.2, 0.25) is 0 Å². The summed E-state index contributed by atoms with van der Waals surface area (Å²) in [6.07, 6.45) is 13.0. The van der Waals surface area contributed by atoms with E-state index >= 15 is 0 Å². The van der Waals surface area contributed by atoms with Crippen LogP contribution in [0.25, 0.3) is 11.0 Å². The summed E-state index contributed by atoms with van der Waals surface area (Å²) in [6.45, 7) is 2.00. The van der Waals surface area contributed by atoms with E-state index in [1.807, 2.05) is 18.5 Å². The zero-order valence-electron chi connectivity index (χ0n) is 15.8. The highest BCUT2D eigenvalue weighted by Crippen LogP contribution is 2.33. The Morgan fingerprint density at radius 2 is 1.78 bits per heavy atom. The average molecular weight is 361 g/mol. The number of imidazole rings is 1. The quantitative estimate of drug-likeness (QED) is 0.729. The second kappa shape index (κ2) is 7.39. The summed E-state index contributed by atoms with van der Waals surface area (Å²) in [4.78, 5) is 20.3. The van der Waals surface area contributed by atoms with Crippen molar-refractivity contribution in [2.45, 2.75) is 63.5 Å². The number of nitrogens with zero attached hydrogens (tertiary/aromatic N) is 4. The van der Waals surface area contributed by atoms with Gasteiger partial charge in [-0.1, -0.05) is 31.4 Å². The Labute approximate surface area is 160 Å². The number of H-pyrrole nitrogens is 1. The van der Waals surface area contributed by atoms with Gasteiger partial charge in [0.05, 0.1) is 17.1 Å². The molecule has 3 aromatic rings. The van der Waals surface area contributed by atoms with E-state index in [4.69, 9.17) is 15.0 Å². The highest BCUT2D eigenvalue weighted by molar-refractivity contribution is 5.74. The molecule has 27 heavy (non-hydrogen) atoms. The molecule has 0 spiro atoms. The van der Waals surface area contributed by atoms with Gasteiger partial charge < -0.3 is 4.98 Å². The van der Waals surface area contributed by atoms with Gasteiger partial charge in [0.15, 0.2) is 0 Å². The molecule has 1 saturated carbocycles. The Bertz CT molecular complexity index is 861. The maximum atomic E-state index is 4.83. The Balaban J connectivity index is 1.30. The Hall–Kier alpha value is -2.27. The van der Waals surface area contributed by atoms with Crippen LogP contribution >= 0.6 is 0 Å². The zero-order valence-corrected chi connectivity index (χ0v) is 15.8. The lowest BCUT2D eigenvalue weighted by Crippen LogP contribution is -2.24. The molecule has 1 saturated heterocycles. The van der Waals surface area contributed by atoms with Crippen molar-refractivity contribution in [3.05, 3.63) is 53.9 Å². The van der Waals surface area contributed by atoms with Crippen molar-refractivity contribution in [3.8, 4) is 0 Å². The summed E-state index contributed by atoms with van der Waals surface area (Å²) in [7, 11) is 0. The summed E-state index contributed by atoms with van der Waals surface area (Å²) in [5.74, 6) is 2.71. The molecule has 1 aliphatic heterocycles. The summed E-state index contributed by atoms with van der Waals surface area (Å²) < 4.78 is 0. The van der Waals surface area contributed by atoms with Crippen molar-refractivity contribution in [2.75, 3.05) is 6.54 Å². The molecule has 1 N–H and O–H groups in total. The third-order valence-corrected chi connectivity index (χ3v) is 6.17. The third-order valence-electron chi connectivity index (χ3n) is 6.17. The lowest BCUT2D eigenvalue weighted by molar-refractivity contribution is 0.240. The number of hydrogen-bond donors (Lipinski definition) is 1. The van der Waals surface area contributed by atoms with E-state index < -0.39 is 0 Å². The van der Waals surface area contributed by atoms with E-state index in [0.29, 0.717) is 12.0 Å². The monoisotopic (exact) mass is 361 g/mol. The summed E-state index contributed by atoms with van der Waals surface area (Å²) in [5, 5.41) is 0. The largest absolute Gasteiger partial charge is 0.341 e. The Morgan fingerprint density at radius 3 is 2.59 bits per heavy atom. The highest BCUT2D eigenvalue weighted by atomic mass is 15.2. The first-order chi connectivity index (χ1) is 13.4. The molecular weight excluding hydrogens is 334 g/mol. The second-order valence-electron chi connectivity index (χ2n) is 8.05. The number of benzene rings is 1. The number of para-hydroxylation sites is 2. The molecule has 0 bridgehead atoms. The maximum Gasteiger partial charge on any atom is 0.131 e. The molecule has 0 amide bonds. The number of aromatic nitrogens is 4. The van der Waals surface area contributed by atoms with Crippen LogP contribution in [-0.2, 0) is 6.54 Å². The van der Waals surface area contributed by atoms with Gasteiger partial charge in [0.1, 0.15) is 11.6 Å². The molecule has 1 aliphatic carbocycles. The first kappa shape index (κ1) is 16.9. The molecule has 0 unspecified atom stereocenters. The lowest BCUT2D eigenvalue weighted by atomic mass is 9.89. The zero-order chi connectivity index (χ0) is 18.1.